The molecule has 10 nitrogen and oxygen atoms in total. The first kappa shape index (κ1) is 33.3. The number of anilines is 2. The van der Waals surface area contributed by atoms with Crippen LogP contribution < -0.4 is 16.0 Å². The number of nitrogens with one attached hydrogen (secondary N) is 3. The molecule has 2 rings (SSSR count). The van der Waals surface area contributed by atoms with Gasteiger partial charge in [0.25, 0.3) is 0 Å². The van der Waals surface area contributed by atoms with Crippen molar-refractivity contribution in [3.8, 4) is 17.2 Å². The Bertz CT molecular complexity index is 1310. The molecule has 3 amide bonds. The lowest BCUT2D eigenvalue weighted by atomic mass is 9.95. The molecule has 222 valence electrons. The molecule has 0 aliphatic heterocycles. The molecule has 0 aliphatic carbocycles. The summed E-state index contributed by atoms with van der Waals surface area (Å²) in [5, 5.41) is 18.3. The summed E-state index contributed by atoms with van der Waals surface area (Å²) in [6.45, 7) is 15.7. The number of hydrogen-bond acceptors (Lipinski definition) is 8. The summed E-state index contributed by atoms with van der Waals surface area (Å²) in [7, 11) is 0. The lowest BCUT2D eigenvalue weighted by molar-refractivity contribution is 0.0522. The largest absolute Gasteiger partial charge is 0.444 e. The molecule has 11 heteroatoms. The van der Waals surface area contributed by atoms with Crippen LogP contribution in [0, 0.1) is 11.3 Å². The highest BCUT2D eigenvalue weighted by molar-refractivity contribution is 7.98. The number of rotatable bonds is 6. The molecule has 0 aromatic heterocycles. The maximum Gasteiger partial charge on any atom is 0.412 e. The van der Waals surface area contributed by atoms with Crippen LogP contribution in [0.25, 0.3) is 11.1 Å². The minimum atomic E-state index is -0.772. The lowest BCUT2D eigenvalue weighted by Gasteiger charge is -2.24. The minimum Gasteiger partial charge on any atom is -0.444 e. The highest BCUT2D eigenvalue weighted by Crippen LogP contribution is 2.39. The Morgan fingerprint density at radius 3 is 1.76 bits per heavy atom. The SMILES string of the molecule is CSc1cc(-c2ccc(NC(=O)OC(C)(C)C)cc2)c(NC(=O)OC(C)(C)C)c(CNC(=O)OC(C)(C)C)c1C#N. The van der Waals surface area contributed by atoms with Gasteiger partial charge in [0, 0.05) is 28.3 Å². The van der Waals surface area contributed by atoms with Gasteiger partial charge in [-0.25, -0.2) is 14.4 Å². The summed E-state index contributed by atoms with van der Waals surface area (Å²) < 4.78 is 16.2. The fourth-order valence-corrected chi connectivity index (χ4v) is 4.19. The zero-order chi connectivity index (χ0) is 31.2. The quantitative estimate of drug-likeness (QED) is 0.232. The van der Waals surface area contributed by atoms with Crippen molar-refractivity contribution in [1.82, 2.24) is 5.32 Å². The Balaban J connectivity index is 2.61. The summed E-state index contributed by atoms with van der Waals surface area (Å²) in [4.78, 5) is 38.3. The summed E-state index contributed by atoms with van der Waals surface area (Å²) in [5.74, 6) is 0. The van der Waals surface area contributed by atoms with Crippen LogP contribution in [0.1, 0.15) is 73.4 Å². The average Bonchev–Trinajstić information content (AvgIpc) is 2.79. The predicted molar refractivity (Wildman–Crippen MR) is 161 cm³/mol. The van der Waals surface area contributed by atoms with E-state index in [1.54, 1.807) is 92.6 Å². The van der Waals surface area contributed by atoms with Gasteiger partial charge in [0.2, 0.25) is 0 Å². The predicted octanol–water partition coefficient (Wildman–Crippen LogP) is 7.67. The van der Waals surface area contributed by atoms with Crippen molar-refractivity contribution in [2.45, 2.75) is 90.6 Å². The van der Waals surface area contributed by atoms with Gasteiger partial charge in [-0.15, -0.1) is 11.8 Å². The van der Waals surface area contributed by atoms with Crippen LogP contribution in [0.15, 0.2) is 35.2 Å². The first-order chi connectivity index (χ1) is 18.8. The van der Waals surface area contributed by atoms with Gasteiger partial charge < -0.3 is 19.5 Å². The molecule has 41 heavy (non-hydrogen) atoms. The van der Waals surface area contributed by atoms with Gasteiger partial charge >= 0.3 is 18.3 Å². The van der Waals surface area contributed by atoms with Crippen LogP contribution in [0.5, 0.6) is 0 Å². The van der Waals surface area contributed by atoms with Crippen molar-refractivity contribution in [2.75, 3.05) is 16.9 Å². The fourth-order valence-electron chi connectivity index (χ4n) is 3.58. The van der Waals surface area contributed by atoms with Gasteiger partial charge in [-0.1, -0.05) is 12.1 Å². The van der Waals surface area contributed by atoms with E-state index in [-0.39, 0.29) is 6.54 Å². The van der Waals surface area contributed by atoms with E-state index in [1.165, 1.54) is 11.8 Å². The molecule has 0 saturated carbocycles. The Morgan fingerprint density at radius 1 is 0.805 bits per heavy atom. The number of benzene rings is 2. The smallest absolute Gasteiger partial charge is 0.412 e. The fraction of sp³-hybridized carbons (Fsp3) is 0.467. The maximum atomic E-state index is 12.9. The Labute approximate surface area is 246 Å². The van der Waals surface area contributed by atoms with Crippen LogP contribution in [-0.2, 0) is 20.8 Å². The second kappa shape index (κ2) is 13.2. The molecule has 0 unspecified atom stereocenters. The van der Waals surface area contributed by atoms with Gasteiger partial charge in [0.1, 0.15) is 22.9 Å². The maximum absolute atomic E-state index is 12.9. The Morgan fingerprint density at radius 2 is 1.29 bits per heavy atom. The highest BCUT2D eigenvalue weighted by Gasteiger charge is 2.25. The second-order valence-electron chi connectivity index (χ2n) is 12.2. The van der Waals surface area contributed by atoms with Crippen LogP contribution in [0.4, 0.5) is 25.8 Å². The van der Waals surface area contributed by atoms with Gasteiger partial charge in [-0.05, 0) is 92.3 Å². The van der Waals surface area contributed by atoms with Gasteiger partial charge in [-0.2, -0.15) is 5.26 Å². The third-order valence-electron chi connectivity index (χ3n) is 5.00. The minimum absolute atomic E-state index is 0.0946. The normalized spacial score (nSPS) is 11.6. The molecule has 0 heterocycles. The monoisotopic (exact) mass is 584 g/mol. The van der Waals surface area contributed by atoms with Gasteiger partial charge in [0.15, 0.2) is 0 Å². The zero-order valence-corrected chi connectivity index (χ0v) is 26.2. The molecular weight excluding hydrogens is 544 g/mol. The number of nitriles is 1. The molecule has 0 radical (unpaired) electrons. The van der Waals surface area contributed by atoms with Crippen molar-refractivity contribution >= 4 is 41.4 Å². The molecule has 0 bridgehead atoms. The third-order valence-corrected chi connectivity index (χ3v) is 5.76. The van der Waals surface area contributed by atoms with Gasteiger partial charge in [-0.3, -0.25) is 10.6 Å². The number of ether oxygens (including phenoxy) is 3. The van der Waals surface area contributed by atoms with Crippen molar-refractivity contribution in [2.24, 2.45) is 0 Å². The molecular formula is C30H40N4O6S. The first-order valence-electron chi connectivity index (χ1n) is 13.0. The van der Waals surface area contributed by atoms with E-state index in [9.17, 15) is 19.6 Å². The summed E-state index contributed by atoms with van der Waals surface area (Å²) >= 11 is 1.36. The number of nitrogens with zero attached hydrogens (tertiary/aromatic N) is 1. The van der Waals surface area contributed by atoms with Crippen molar-refractivity contribution < 1.29 is 28.6 Å². The number of carbonyl (C=O) groups is 3. The first-order valence-corrected chi connectivity index (χ1v) is 14.3. The van der Waals surface area contributed by atoms with E-state index in [0.29, 0.717) is 38.5 Å². The summed E-state index contributed by atoms with van der Waals surface area (Å²) in [6, 6.07) is 10.9. The molecule has 0 spiro atoms. The number of alkyl carbamates (subject to hydrolysis) is 1. The Kier molecular flexibility index (Phi) is 10.7. The number of amides is 3. The average molecular weight is 585 g/mol. The van der Waals surface area contributed by atoms with E-state index >= 15 is 0 Å². The van der Waals surface area contributed by atoms with E-state index in [1.807, 2.05) is 6.26 Å². The van der Waals surface area contributed by atoms with E-state index in [4.69, 9.17) is 14.2 Å². The number of carbonyl (C=O) groups excluding carboxylic acids is 3. The molecule has 0 atom stereocenters. The van der Waals surface area contributed by atoms with Crippen LogP contribution in [0.2, 0.25) is 0 Å². The van der Waals surface area contributed by atoms with Crippen molar-refractivity contribution in [3.05, 3.63) is 41.5 Å². The number of thioether (sulfide) groups is 1. The van der Waals surface area contributed by atoms with Crippen LogP contribution in [-0.4, -0.2) is 41.3 Å². The highest BCUT2D eigenvalue weighted by atomic mass is 32.2. The van der Waals surface area contributed by atoms with Crippen molar-refractivity contribution in [3.63, 3.8) is 0 Å². The third kappa shape index (κ3) is 10.9. The molecule has 2 aromatic carbocycles. The molecule has 0 fully saturated rings. The molecule has 0 saturated heterocycles. The van der Waals surface area contributed by atoms with E-state index in [2.05, 4.69) is 22.0 Å². The zero-order valence-electron chi connectivity index (χ0n) is 25.4. The summed E-state index contributed by atoms with van der Waals surface area (Å²) in [6.07, 6.45) is -0.143. The van der Waals surface area contributed by atoms with Crippen LogP contribution >= 0.6 is 11.8 Å². The standard InChI is InChI=1S/C30H40N4O6S/c1-28(2,3)38-25(35)32-17-22-21(16-31)23(41-10)15-20(24(22)34-27(37)40-30(7,8)9)18-11-13-19(14-12-18)33-26(36)39-29(4,5)6/h11-15H,17H2,1-10H3,(H,32,35)(H,33,36)(H,34,37). The Hall–Kier alpha value is -3.91. The summed E-state index contributed by atoms with van der Waals surface area (Å²) in [5.41, 5.74) is 0.633. The van der Waals surface area contributed by atoms with E-state index in [0.717, 1.165) is 0 Å². The van der Waals surface area contributed by atoms with Gasteiger partial charge in [0.05, 0.1) is 11.3 Å². The van der Waals surface area contributed by atoms with E-state index < -0.39 is 35.1 Å². The van der Waals surface area contributed by atoms with Crippen molar-refractivity contribution in [1.29, 1.82) is 5.26 Å². The topological polar surface area (TPSA) is 139 Å². The molecule has 0 aliphatic rings. The molecule has 2 aromatic rings. The number of hydrogen-bond donors (Lipinski definition) is 3. The second-order valence-corrected chi connectivity index (χ2v) is 13.0. The molecule has 3 N–H and O–H groups in total. The van der Waals surface area contributed by atoms with Crippen LogP contribution in [0.3, 0.4) is 0 Å². The lowest BCUT2D eigenvalue weighted by Crippen LogP contribution is -2.33.